The fourth-order valence-electron chi connectivity index (χ4n) is 0.174. The first-order chi connectivity index (χ1) is 7.94. The Bertz CT molecular complexity index is 371. The zero-order chi connectivity index (χ0) is 16.1. The number of carbonyl (C=O) groups is 1. The second-order valence-corrected chi connectivity index (χ2v) is 1.22. The Hall–Kier alpha value is -0.570. The van der Waals surface area contributed by atoms with Crippen molar-refractivity contribution >= 4 is 5.97 Å². The molecule has 3 heteroatoms. The summed E-state index contributed by atoms with van der Waals surface area (Å²) in [5, 5.41) is 8.74. The number of nitrogens with two attached hydrogens (primary N) is 1. The molecule has 0 saturated carbocycles. The van der Waals surface area contributed by atoms with Gasteiger partial charge in [-0.25, -0.2) is 0 Å². The number of rotatable bonds is 3. The first-order valence-corrected chi connectivity index (χ1v) is 1.97. The Kier molecular flexibility index (Phi) is 0.588. The molecule has 0 heterocycles. The highest BCUT2D eigenvalue weighted by Crippen LogP contribution is 2.04. The Morgan fingerprint density at radius 3 is 3.22 bits per heavy atom. The van der Waals surface area contributed by atoms with E-state index in [1.54, 1.807) is 0 Å². The van der Waals surface area contributed by atoms with Gasteiger partial charge in [0.1, 0.15) is 6.02 Å². The third-order valence-corrected chi connectivity index (χ3v) is 0.625. The van der Waals surface area contributed by atoms with Crippen molar-refractivity contribution in [1.82, 2.24) is 0 Å². The molecule has 0 spiro atoms. The molecule has 0 fully saturated rings. The van der Waals surface area contributed by atoms with Crippen LogP contribution in [0.2, 0.25) is 0 Å². The lowest BCUT2D eigenvalue weighted by Gasteiger charge is -2.11. The second kappa shape index (κ2) is 3.45. The maximum atomic E-state index is 10.9. The molecule has 0 unspecified atom stereocenters. The van der Waals surface area contributed by atoms with Crippen molar-refractivity contribution in [3.63, 3.8) is 0 Å². The van der Waals surface area contributed by atoms with Crippen molar-refractivity contribution in [2.75, 3.05) is 0 Å². The SMILES string of the molecule is [2H][13C]([2H])([2H])[13C]([2H])([2H])[13C@]([2H])([13C]([2H])([2H])[2H])[13C@]([2H])([15NH2])[13C](=O)O. The summed E-state index contributed by atoms with van der Waals surface area (Å²) < 4.78 is 71.5. The van der Waals surface area contributed by atoms with Crippen LogP contribution in [0.25, 0.3) is 0 Å². The molecule has 0 aliphatic heterocycles. The number of carboxylic acids is 1. The van der Waals surface area contributed by atoms with Gasteiger partial charge in [-0.15, -0.1) is 0 Å². The smallest absolute Gasteiger partial charge is 0.320 e. The van der Waals surface area contributed by atoms with Crippen molar-refractivity contribution in [1.29, 1.82) is 0 Å². The van der Waals surface area contributed by atoms with Crippen LogP contribution in [-0.2, 0) is 4.79 Å². The number of carboxylic acid groups (broad SMARTS) is 1. The lowest BCUT2D eigenvalue weighted by atomic mass is 11.0. The van der Waals surface area contributed by atoms with Gasteiger partial charge >= 0.3 is 5.97 Å². The van der Waals surface area contributed by atoms with Crippen LogP contribution in [0.4, 0.5) is 0 Å². The van der Waals surface area contributed by atoms with Gasteiger partial charge in [0.15, 0.2) is 0 Å². The summed E-state index contributed by atoms with van der Waals surface area (Å²) in [5.41, 5.74) is 4.94. The normalized spacial score (nSPS) is 44.6. The predicted octanol–water partition coefficient (Wildman–Crippen LogP) is 0.444. The number of hydrogen-bond acceptors (Lipinski definition) is 2. The minimum atomic E-state index is -3.90. The van der Waals surface area contributed by atoms with Crippen LogP contribution in [0.3, 0.4) is 0 Å². The summed E-state index contributed by atoms with van der Waals surface area (Å²) >= 11 is 0. The van der Waals surface area contributed by atoms with E-state index in [-0.39, 0.29) is 0 Å². The van der Waals surface area contributed by atoms with Crippen LogP contribution in [0, 0.1) is 5.89 Å². The van der Waals surface area contributed by atoms with Crippen LogP contribution < -0.4 is 5.73 Å². The second-order valence-electron chi connectivity index (χ2n) is 1.22. The van der Waals surface area contributed by atoms with E-state index in [0.717, 1.165) is 0 Å². The molecule has 54 valence electrons. The summed E-state index contributed by atoms with van der Waals surface area (Å²) in [7, 11) is 0. The van der Waals surface area contributed by atoms with Crippen molar-refractivity contribution in [2.45, 2.75) is 26.1 Å². The molecule has 9 heavy (non-hydrogen) atoms. The molecule has 3 N–H and O–H groups in total. The number of hydrogen-bond donors (Lipinski definition) is 2. The zero-order valence-corrected chi connectivity index (χ0v) is 4.43. The van der Waals surface area contributed by atoms with Gasteiger partial charge in [0, 0.05) is 12.3 Å². The van der Waals surface area contributed by atoms with E-state index < -0.39 is 38.0 Å². The number of aliphatic carboxylic acids is 1. The Morgan fingerprint density at radius 2 is 2.89 bits per heavy atom. The zero-order valence-electron chi connectivity index (χ0n) is 14.4. The summed E-state index contributed by atoms with van der Waals surface area (Å²) in [6.45, 7) is -7.40. The molecule has 0 aliphatic carbocycles. The van der Waals surface area contributed by atoms with Crippen molar-refractivity contribution in [3.8, 4) is 0 Å². The Morgan fingerprint density at radius 1 is 2.22 bits per heavy atom. The van der Waals surface area contributed by atoms with Crippen LogP contribution in [0.5, 0.6) is 0 Å². The van der Waals surface area contributed by atoms with E-state index in [4.69, 9.17) is 24.5 Å². The molecule has 0 aliphatic rings. The van der Waals surface area contributed by atoms with Gasteiger partial charge in [0.25, 0.3) is 0 Å². The van der Waals surface area contributed by atoms with Crippen LogP contribution in [0.15, 0.2) is 0 Å². The van der Waals surface area contributed by atoms with Gasteiger partial charge < -0.3 is 10.8 Å². The van der Waals surface area contributed by atoms with Gasteiger partial charge in [-0.2, -0.15) is 0 Å². The molecule has 0 bridgehead atoms. The summed E-state index contributed by atoms with van der Waals surface area (Å²) in [4.78, 5) is 10.9. The predicted molar refractivity (Wildman–Crippen MR) is 35.1 cm³/mol. The van der Waals surface area contributed by atoms with Gasteiger partial charge in [-0.05, 0) is 5.89 Å². The quantitative estimate of drug-likeness (QED) is 0.451. The third kappa shape index (κ3) is 2.46. The lowest BCUT2D eigenvalue weighted by Crippen LogP contribution is -2.36. The van der Waals surface area contributed by atoms with Gasteiger partial charge in [0.2, 0.25) is 0 Å². The third-order valence-electron chi connectivity index (χ3n) is 0.625. The molecule has 2 atom stereocenters. The van der Waals surface area contributed by atoms with E-state index >= 15 is 0 Å². The molecule has 3 nitrogen and oxygen atoms in total. The van der Waals surface area contributed by atoms with Crippen LogP contribution >= 0.6 is 0 Å². The fraction of sp³-hybridized carbons (Fsp3) is 0.833. The van der Waals surface area contributed by atoms with Gasteiger partial charge in [-0.1, -0.05) is 20.1 Å². The highest BCUT2D eigenvalue weighted by atomic mass is 16.5. The molecule has 0 amide bonds. The van der Waals surface area contributed by atoms with E-state index in [2.05, 4.69) is 0 Å². The summed E-state index contributed by atoms with van der Waals surface area (Å²) in [5.74, 6) is -6.21. The minimum absolute atomic E-state index is 2.31. The van der Waals surface area contributed by atoms with E-state index in [1.165, 1.54) is 0 Å². The Labute approximate surface area is 68.9 Å². The summed E-state index contributed by atoms with van der Waals surface area (Å²) in [6, 6.07) is -3.68. The molecule has 0 rings (SSSR count). The Balaban J connectivity index is 6.38. The fourth-order valence-corrected chi connectivity index (χ4v) is 0.174. The highest BCUT2D eigenvalue weighted by Gasteiger charge is 2.17. The standard InChI is InChI=1S/C6H13NO2/c1-3-4(2)5(7)6(8)9/h4-5H,3,7H2,1-2H3,(H,8,9)/t4-,5-/m0/s1/i1+1D3,2+1D3,3+1D2,4+1D,5+1D,6+1,7+1. The van der Waals surface area contributed by atoms with Crippen LogP contribution in [-0.4, -0.2) is 17.1 Å². The molecule has 0 aromatic rings. The maximum absolute atomic E-state index is 10.9. The summed E-state index contributed by atoms with van der Waals surface area (Å²) in [6.07, 6.45) is -3.85. The monoisotopic (exact) mass is 148 g/mol. The highest BCUT2D eigenvalue weighted by molar-refractivity contribution is 5.73. The lowest BCUT2D eigenvalue weighted by molar-refractivity contribution is -0.139. The topological polar surface area (TPSA) is 63.3 Å². The molecule has 0 aromatic heterocycles. The van der Waals surface area contributed by atoms with Crippen LogP contribution in [0.1, 0.15) is 33.8 Å². The molecule has 0 saturated heterocycles. The molecule has 0 aromatic carbocycles. The van der Waals surface area contributed by atoms with E-state index in [1.807, 2.05) is 0 Å². The minimum Gasteiger partial charge on any atom is -0.480 e. The average Bonchev–Trinajstić information content (AvgIpc) is 2.11. The molecular weight excluding hydrogens is 125 g/mol. The van der Waals surface area contributed by atoms with E-state index in [0.29, 0.717) is 0 Å². The molecular formula is C6H13NO2. The first kappa shape index (κ1) is 1.53. The van der Waals surface area contributed by atoms with Crippen molar-refractivity contribution in [3.05, 3.63) is 0 Å². The van der Waals surface area contributed by atoms with Crippen molar-refractivity contribution < 1.29 is 23.6 Å². The van der Waals surface area contributed by atoms with Gasteiger partial charge in [-0.3, -0.25) is 4.79 Å². The first-order valence-electron chi connectivity index (χ1n) is 6.97. The largest absolute Gasteiger partial charge is 0.480 e. The van der Waals surface area contributed by atoms with E-state index in [9.17, 15) is 4.79 Å². The molecule has 0 radical (unpaired) electrons. The van der Waals surface area contributed by atoms with Gasteiger partial charge in [0.05, 0.1) is 1.37 Å². The average molecular weight is 148 g/mol. The van der Waals surface area contributed by atoms with Crippen molar-refractivity contribution in [2.24, 2.45) is 11.6 Å². The maximum Gasteiger partial charge on any atom is 0.320 e.